The Morgan fingerprint density at radius 1 is 0.760 bits per heavy atom. The Bertz CT molecular complexity index is 516. The van der Waals surface area contributed by atoms with E-state index in [4.69, 9.17) is 4.74 Å². The molecular formula is C23H32O2. The van der Waals surface area contributed by atoms with Crippen molar-refractivity contribution in [3.05, 3.63) is 54.1 Å². The first-order chi connectivity index (χ1) is 12.4. The van der Waals surface area contributed by atoms with Gasteiger partial charge in [-0.05, 0) is 43.0 Å². The maximum absolute atomic E-state index is 10.6. The lowest BCUT2D eigenvalue weighted by Crippen LogP contribution is -1.97. The maximum Gasteiger partial charge on any atom is 0.150 e. The molecule has 2 heteroatoms. The van der Waals surface area contributed by atoms with Crippen LogP contribution in [0.4, 0.5) is 0 Å². The van der Waals surface area contributed by atoms with Crippen LogP contribution in [0.2, 0.25) is 0 Å². The van der Waals surface area contributed by atoms with Crippen LogP contribution in [0.15, 0.2) is 48.6 Å². The molecule has 1 aromatic carbocycles. The second-order valence-electron chi connectivity index (χ2n) is 6.94. The summed E-state index contributed by atoms with van der Waals surface area (Å²) in [5, 5.41) is 0. The fourth-order valence-electron chi connectivity index (χ4n) is 3.22. The first kappa shape index (κ1) is 19.5. The monoisotopic (exact) mass is 340 g/mol. The van der Waals surface area contributed by atoms with Gasteiger partial charge in [-0.25, -0.2) is 0 Å². The van der Waals surface area contributed by atoms with E-state index in [0.29, 0.717) is 11.5 Å². The normalized spacial score (nSPS) is 13.4. The van der Waals surface area contributed by atoms with Crippen molar-refractivity contribution in [1.82, 2.24) is 0 Å². The van der Waals surface area contributed by atoms with Gasteiger partial charge in [0.2, 0.25) is 0 Å². The third-order valence-corrected chi connectivity index (χ3v) is 4.79. The van der Waals surface area contributed by atoms with Crippen LogP contribution in [0, 0.1) is 5.92 Å². The second-order valence-corrected chi connectivity index (χ2v) is 6.94. The summed E-state index contributed by atoms with van der Waals surface area (Å²) in [6.07, 6.45) is 23.0. The first-order valence-electron chi connectivity index (χ1n) is 9.91. The van der Waals surface area contributed by atoms with Gasteiger partial charge in [0, 0.05) is 5.56 Å². The van der Waals surface area contributed by atoms with Gasteiger partial charge in [0.15, 0.2) is 0 Å². The van der Waals surface area contributed by atoms with E-state index in [1.54, 1.807) is 12.1 Å². The molecule has 0 amide bonds. The van der Waals surface area contributed by atoms with E-state index in [1.165, 1.54) is 57.8 Å². The van der Waals surface area contributed by atoms with Gasteiger partial charge < -0.3 is 4.74 Å². The molecule has 0 aromatic heterocycles. The third-order valence-electron chi connectivity index (χ3n) is 4.79. The Morgan fingerprint density at radius 3 is 1.92 bits per heavy atom. The van der Waals surface area contributed by atoms with Crippen molar-refractivity contribution in [1.29, 1.82) is 0 Å². The van der Waals surface area contributed by atoms with Gasteiger partial charge in [-0.2, -0.15) is 0 Å². The predicted octanol–water partition coefficient (Wildman–Crippen LogP) is 6.52. The van der Waals surface area contributed by atoms with E-state index in [0.717, 1.165) is 25.1 Å². The lowest BCUT2D eigenvalue weighted by atomic mass is 10.0. The summed E-state index contributed by atoms with van der Waals surface area (Å²) in [4.78, 5) is 10.6. The van der Waals surface area contributed by atoms with Crippen molar-refractivity contribution in [3.8, 4) is 5.75 Å². The van der Waals surface area contributed by atoms with Crippen molar-refractivity contribution < 1.29 is 9.53 Å². The average Bonchev–Trinajstić information content (AvgIpc) is 3.16. The van der Waals surface area contributed by atoms with Gasteiger partial charge in [0.05, 0.1) is 6.61 Å². The summed E-state index contributed by atoms with van der Waals surface area (Å²) >= 11 is 0. The first-order valence-corrected chi connectivity index (χ1v) is 9.91. The largest absolute Gasteiger partial charge is 0.494 e. The molecule has 2 nitrogen and oxygen atoms in total. The Hall–Kier alpha value is -1.83. The van der Waals surface area contributed by atoms with Gasteiger partial charge in [-0.15, -0.1) is 0 Å². The highest BCUT2D eigenvalue weighted by Gasteiger charge is 2.02. The number of carbonyl (C=O) groups excluding carboxylic acids is 1. The van der Waals surface area contributed by atoms with Gasteiger partial charge in [-0.3, -0.25) is 4.79 Å². The van der Waals surface area contributed by atoms with Crippen LogP contribution < -0.4 is 4.74 Å². The molecule has 1 aromatic rings. The van der Waals surface area contributed by atoms with Crippen molar-refractivity contribution in [2.24, 2.45) is 5.92 Å². The molecule has 1 aliphatic rings. The fourth-order valence-corrected chi connectivity index (χ4v) is 3.22. The molecule has 2 rings (SSSR count). The zero-order chi connectivity index (χ0) is 17.6. The lowest BCUT2D eigenvalue weighted by molar-refractivity contribution is 0.112. The summed E-state index contributed by atoms with van der Waals surface area (Å²) in [5.74, 6) is 1.57. The molecule has 0 saturated heterocycles. The number of ether oxygens (including phenoxy) is 1. The van der Waals surface area contributed by atoms with Crippen LogP contribution in [0.1, 0.15) is 74.6 Å². The number of allylic oxidation sites excluding steroid dienone is 4. The molecule has 0 bridgehead atoms. The molecule has 0 fully saturated rings. The quantitative estimate of drug-likeness (QED) is 0.284. The van der Waals surface area contributed by atoms with E-state index >= 15 is 0 Å². The van der Waals surface area contributed by atoms with Crippen LogP contribution in [0.3, 0.4) is 0 Å². The van der Waals surface area contributed by atoms with Crippen LogP contribution in [-0.2, 0) is 0 Å². The van der Waals surface area contributed by atoms with E-state index < -0.39 is 0 Å². The molecule has 0 heterocycles. The van der Waals surface area contributed by atoms with Crippen LogP contribution in [-0.4, -0.2) is 12.9 Å². The van der Waals surface area contributed by atoms with Gasteiger partial charge in [0.25, 0.3) is 0 Å². The van der Waals surface area contributed by atoms with E-state index in [2.05, 4.69) is 24.3 Å². The standard InChI is InChI=1S/C23H32O2/c24-20-22-15-17-23(18-16-22)25-19-11-7-5-3-1-2-4-6-8-12-21-13-9-10-14-21/h9-10,13-18,20-21H,1-8,11-12,19H2. The van der Waals surface area contributed by atoms with Crippen LogP contribution in [0.5, 0.6) is 5.75 Å². The Morgan fingerprint density at radius 2 is 1.32 bits per heavy atom. The second kappa shape index (κ2) is 12.5. The number of unbranched alkanes of at least 4 members (excludes halogenated alkanes) is 8. The molecule has 1 aliphatic carbocycles. The minimum absolute atomic E-state index is 0.694. The molecular weight excluding hydrogens is 308 g/mol. The van der Waals surface area contributed by atoms with E-state index in [9.17, 15) is 4.79 Å². The van der Waals surface area contributed by atoms with E-state index in [-0.39, 0.29) is 0 Å². The highest BCUT2D eigenvalue weighted by Crippen LogP contribution is 2.18. The number of benzene rings is 1. The predicted molar refractivity (Wildman–Crippen MR) is 105 cm³/mol. The van der Waals surface area contributed by atoms with Crippen molar-refractivity contribution in [2.75, 3.05) is 6.61 Å². The van der Waals surface area contributed by atoms with Crippen molar-refractivity contribution >= 4 is 6.29 Å². The average molecular weight is 341 g/mol. The molecule has 25 heavy (non-hydrogen) atoms. The van der Waals surface area contributed by atoms with Gasteiger partial charge >= 0.3 is 0 Å². The van der Waals surface area contributed by atoms with Gasteiger partial charge in [0.1, 0.15) is 12.0 Å². The maximum atomic E-state index is 10.6. The third kappa shape index (κ3) is 8.72. The summed E-state index contributed by atoms with van der Waals surface area (Å²) in [6, 6.07) is 7.32. The Labute approximate surface area is 153 Å². The topological polar surface area (TPSA) is 26.3 Å². The van der Waals surface area contributed by atoms with Crippen molar-refractivity contribution in [2.45, 2.75) is 64.2 Å². The minimum atomic E-state index is 0.694. The summed E-state index contributed by atoms with van der Waals surface area (Å²) < 4.78 is 5.69. The summed E-state index contributed by atoms with van der Waals surface area (Å²) in [6.45, 7) is 0.768. The minimum Gasteiger partial charge on any atom is -0.494 e. The molecule has 0 N–H and O–H groups in total. The molecule has 0 radical (unpaired) electrons. The highest BCUT2D eigenvalue weighted by atomic mass is 16.5. The number of carbonyl (C=O) groups is 1. The summed E-state index contributed by atoms with van der Waals surface area (Å²) in [5.41, 5.74) is 0.694. The number of hydrogen-bond acceptors (Lipinski definition) is 2. The van der Waals surface area contributed by atoms with E-state index in [1.807, 2.05) is 12.1 Å². The molecule has 0 atom stereocenters. The number of hydrogen-bond donors (Lipinski definition) is 0. The molecule has 0 spiro atoms. The zero-order valence-electron chi connectivity index (χ0n) is 15.4. The SMILES string of the molecule is O=Cc1ccc(OCCCCCCCCCCCC2C=CC=C2)cc1. The van der Waals surface area contributed by atoms with Crippen LogP contribution >= 0.6 is 0 Å². The molecule has 136 valence electrons. The number of aldehydes is 1. The molecule has 0 unspecified atom stereocenters. The zero-order valence-corrected chi connectivity index (χ0v) is 15.4. The lowest BCUT2D eigenvalue weighted by Gasteiger charge is -2.07. The molecule has 0 aliphatic heterocycles. The Kier molecular flexibility index (Phi) is 9.76. The summed E-state index contributed by atoms with van der Waals surface area (Å²) in [7, 11) is 0. The number of rotatable bonds is 14. The highest BCUT2D eigenvalue weighted by molar-refractivity contribution is 5.74. The molecule has 0 saturated carbocycles. The smallest absolute Gasteiger partial charge is 0.150 e. The van der Waals surface area contributed by atoms with Crippen molar-refractivity contribution in [3.63, 3.8) is 0 Å². The fraction of sp³-hybridized carbons (Fsp3) is 0.522. The van der Waals surface area contributed by atoms with Gasteiger partial charge in [-0.1, -0.05) is 75.7 Å². The van der Waals surface area contributed by atoms with Crippen LogP contribution in [0.25, 0.3) is 0 Å². The Balaban J connectivity index is 1.33.